The molecule has 1 aromatic heterocycles. The number of methoxy groups -OCH3 is 1. The van der Waals surface area contributed by atoms with Gasteiger partial charge in [-0.05, 0) is 48.7 Å². The van der Waals surface area contributed by atoms with E-state index in [1.54, 1.807) is 43.6 Å². The van der Waals surface area contributed by atoms with Gasteiger partial charge in [0.15, 0.2) is 6.10 Å². The van der Waals surface area contributed by atoms with Gasteiger partial charge in [0.2, 0.25) is 5.91 Å². The number of likely N-dealkylation sites (tertiary alicyclic amines) is 1. The Morgan fingerprint density at radius 2 is 2.07 bits per heavy atom. The number of rotatable bonds is 5. The van der Waals surface area contributed by atoms with E-state index in [0.717, 1.165) is 10.9 Å². The number of benzene rings is 2. The highest BCUT2D eigenvalue weighted by Gasteiger charge is 2.37. The summed E-state index contributed by atoms with van der Waals surface area (Å²) < 4.78 is 5.10. The van der Waals surface area contributed by atoms with Gasteiger partial charge in [0.05, 0.1) is 18.8 Å². The average Bonchev–Trinajstić information content (AvgIpc) is 3.42. The fraction of sp³-hybridized carbons (Fsp3) is 0.286. The lowest BCUT2D eigenvalue weighted by atomic mass is 10.1. The van der Waals surface area contributed by atoms with E-state index < -0.39 is 18.1 Å². The second kappa shape index (κ2) is 7.92. The summed E-state index contributed by atoms with van der Waals surface area (Å²) in [6.45, 7) is 0.435. The van der Waals surface area contributed by atoms with Crippen LogP contribution >= 0.6 is 0 Å². The topological polar surface area (TPSA) is 108 Å². The van der Waals surface area contributed by atoms with E-state index in [4.69, 9.17) is 4.74 Å². The van der Waals surface area contributed by atoms with Crippen LogP contribution in [0.2, 0.25) is 0 Å². The lowest BCUT2D eigenvalue weighted by Gasteiger charge is -2.26. The van der Waals surface area contributed by atoms with Crippen molar-refractivity contribution in [3.05, 3.63) is 54.2 Å². The number of carbonyl (C=O) groups is 2. The number of anilines is 1. The van der Waals surface area contributed by atoms with Gasteiger partial charge in [0.25, 0.3) is 5.91 Å². The van der Waals surface area contributed by atoms with Crippen LogP contribution in [0, 0.1) is 0 Å². The van der Waals surface area contributed by atoms with Gasteiger partial charge >= 0.3 is 0 Å². The Kier molecular flexibility index (Phi) is 5.18. The van der Waals surface area contributed by atoms with Crippen LogP contribution in [0.15, 0.2) is 48.7 Å². The molecular formula is C21H22N4O4. The number of fused-ring (bicyclic) bond motifs is 1. The summed E-state index contributed by atoms with van der Waals surface area (Å²) >= 11 is 0. The number of aromatic amines is 1. The van der Waals surface area contributed by atoms with Crippen molar-refractivity contribution < 1.29 is 19.4 Å². The molecule has 1 aliphatic rings. The Hall–Kier alpha value is -3.39. The van der Waals surface area contributed by atoms with Gasteiger partial charge in [0, 0.05) is 17.6 Å². The van der Waals surface area contributed by atoms with Crippen molar-refractivity contribution in [2.45, 2.75) is 25.0 Å². The highest BCUT2D eigenvalue weighted by atomic mass is 16.5. The molecule has 1 unspecified atom stereocenters. The molecule has 29 heavy (non-hydrogen) atoms. The largest absolute Gasteiger partial charge is 0.497 e. The van der Waals surface area contributed by atoms with Crippen LogP contribution in [-0.4, -0.2) is 51.7 Å². The van der Waals surface area contributed by atoms with Crippen molar-refractivity contribution in [3.8, 4) is 5.75 Å². The third kappa shape index (κ3) is 3.79. The molecule has 0 saturated carbocycles. The first-order valence-electron chi connectivity index (χ1n) is 9.43. The molecule has 3 N–H and O–H groups in total. The summed E-state index contributed by atoms with van der Waals surface area (Å²) in [6, 6.07) is 11.5. The molecule has 4 rings (SSSR count). The van der Waals surface area contributed by atoms with Crippen molar-refractivity contribution in [1.29, 1.82) is 0 Å². The van der Waals surface area contributed by atoms with E-state index in [1.165, 1.54) is 4.90 Å². The molecule has 1 aliphatic heterocycles. The number of carbonyl (C=O) groups excluding carboxylic acids is 2. The maximum absolute atomic E-state index is 12.9. The van der Waals surface area contributed by atoms with E-state index in [2.05, 4.69) is 15.5 Å². The minimum Gasteiger partial charge on any atom is -0.497 e. The molecule has 2 aromatic carbocycles. The van der Waals surface area contributed by atoms with E-state index in [-0.39, 0.29) is 5.91 Å². The summed E-state index contributed by atoms with van der Waals surface area (Å²) in [5.74, 6) is -0.0971. The molecule has 1 saturated heterocycles. The number of aliphatic hydroxyl groups is 1. The second-order valence-corrected chi connectivity index (χ2v) is 7.03. The van der Waals surface area contributed by atoms with Gasteiger partial charge in [-0.25, -0.2) is 0 Å². The first kappa shape index (κ1) is 18.9. The number of hydrogen-bond acceptors (Lipinski definition) is 5. The number of aliphatic hydroxyl groups excluding tert-OH is 1. The quantitative estimate of drug-likeness (QED) is 0.615. The minimum absolute atomic E-state index is 0.263. The van der Waals surface area contributed by atoms with Gasteiger partial charge in [-0.15, -0.1) is 0 Å². The van der Waals surface area contributed by atoms with Gasteiger partial charge in [-0.2, -0.15) is 5.10 Å². The number of amides is 2. The van der Waals surface area contributed by atoms with Gasteiger partial charge in [0.1, 0.15) is 11.8 Å². The Labute approximate surface area is 167 Å². The predicted molar refractivity (Wildman–Crippen MR) is 107 cm³/mol. The molecule has 2 heterocycles. The molecule has 8 heteroatoms. The standard InChI is InChI=1S/C21H22N4O4/c1-29-16-7-4-13(5-8-16)19(26)21(28)25-10-2-3-18(25)20(27)23-15-6-9-17-14(11-15)12-22-24-17/h4-9,11-12,18-19,26H,2-3,10H2,1H3,(H,22,24)(H,23,27)/t18-,19?/m0/s1. The Morgan fingerprint density at radius 1 is 1.28 bits per heavy atom. The van der Waals surface area contributed by atoms with Crippen LogP contribution in [0.3, 0.4) is 0 Å². The maximum Gasteiger partial charge on any atom is 0.256 e. The van der Waals surface area contributed by atoms with Crippen molar-refractivity contribution >= 4 is 28.4 Å². The zero-order valence-electron chi connectivity index (χ0n) is 16.0. The fourth-order valence-electron chi connectivity index (χ4n) is 3.63. The third-order valence-corrected chi connectivity index (χ3v) is 5.21. The lowest BCUT2D eigenvalue weighted by molar-refractivity contribution is -0.144. The third-order valence-electron chi connectivity index (χ3n) is 5.21. The van der Waals surface area contributed by atoms with Crippen molar-refractivity contribution in [3.63, 3.8) is 0 Å². The second-order valence-electron chi connectivity index (χ2n) is 7.03. The predicted octanol–water partition coefficient (Wildman–Crippen LogP) is 2.23. The number of aromatic nitrogens is 2. The molecule has 0 bridgehead atoms. The molecule has 0 radical (unpaired) electrons. The van der Waals surface area contributed by atoms with Gasteiger partial charge in [-0.1, -0.05) is 12.1 Å². The van der Waals surface area contributed by atoms with Gasteiger partial charge in [-0.3, -0.25) is 14.7 Å². The Morgan fingerprint density at radius 3 is 2.83 bits per heavy atom. The fourth-order valence-corrected chi connectivity index (χ4v) is 3.63. The molecule has 0 spiro atoms. The highest BCUT2D eigenvalue weighted by Crippen LogP contribution is 2.26. The zero-order chi connectivity index (χ0) is 20.4. The summed E-state index contributed by atoms with van der Waals surface area (Å²) in [7, 11) is 1.55. The number of nitrogens with one attached hydrogen (secondary N) is 2. The molecule has 8 nitrogen and oxygen atoms in total. The molecule has 0 aliphatic carbocycles. The Bertz CT molecular complexity index is 1030. The normalized spacial score (nSPS) is 17.3. The first-order valence-corrected chi connectivity index (χ1v) is 9.43. The average molecular weight is 394 g/mol. The molecule has 2 amide bonds. The molecule has 1 fully saturated rings. The summed E-state index contributed by atoms with van der Waals surface area (Å²) in [5.41, 5.74) is 1.98. The molecular weight excluding hydrogens is 372 g/mol. The van der Waals surface area contributed by atoms with E-state index >= 15 is 0 Å². The van der Waals surface area contributed by atoms with Crippen LogP contribution in [0.1, 0.15) is 24.5 Å². The van der Waals surface area contributed by atoms with Crippen LogP contribution in [-0.2, 0) is 9.59 Å². The smallest absolute Gasteiger partial charge is 0.256 e. The first-order chi connectivity index (χ1) is 14.1. The monoisotopic (exact) mass is 394 g/mol. The zero-order valence-corrected chi connectivity index (χ0v) is 16.0. The molecule has 2 atom stereocenters. The number of nitrogens with zero attached hydrogens (tertiary/aromatic N) is 2. The molecule has 150 valence electrons. The van der Waals surface area contributed by atoms with E-state index in [0.29, 0.717) is 36.4 Å². The van der Waals surface area contributed by atoms with E-state index in [9.17, 15) is 14.7 Å². The number of ether oxygens (including phenoxy) is 1. The maximum atomic E-state index is 12.9. The van der Waals surface area contributed by atoms with Crippen molar-refractivity contribution in [2.75, 3.05) is 19.0 Å². The van der Waals surface area contributed by atoms with E-state index in [1.807, 2.05) is 12.1 Å². The van der Waals surface area contributed by atoms with Gasteiger partial charge < -0.3 is 20.1 Å². The van der Waals surface area contributed by atoms with Crippen LogP contribution in [0.25, 0.3) is 10.9 Å². The lowest BCUT2D eigenvalue weighted by Crippen LogP contribution is -2.45. The molecule has 3 aromatic rings. The van der Waals surface area contributed by atoms with Crippen LogP contribution in [0.5, 0.6) is 5.75 Å². The number of H-pyrrole nitrogens is 1. The minimum atomic E-state index is -1.32. The van der Waals surface area contributed by atoms with Crippen molar-refractivity contribution in [1.82, 2.24) is 15.1 Å². The van der Waals surface area contributed by atoms with Crippen LogP contribution < -0.4 is 10.1 Å². The summed E-state index contributed by atoms with van der Waals surface area (Å²) in [6.07, 6.45) is 1.62. The van der Waals surface area contributed by atoms with Crippen LogP contribution in [0.4, 0.5) is 5.69 Å². The summed E-state index contributed by atoms with van der Waals surface area (Å²) in [5, 5.41) is 21.1. The van der Waals surface area contributed by atoms with Crippen molar-refractivity contribution in [2.24, 2.45) is 0 Å². The highest BCUT2D eigenvalue weighted by molar-refractivity contribution is 5.99. The summed E-state index contributed by atoms with van der Waals surface area (Å²) in [4.78, 5) is 27.1. The number of hydrogen-bond donors (Lipinski definition) is 3. The SMILES string of the molecule is COc1ccc(C(O)C(=O)N2CCC[C@H]2C(=O)Nc2ccc3[nH]ncc3c2)cc1. The Balaban J connectivity index is 1.46.